The van der Waals surface area contributed by atoms with Crippen molar-refractivity contribution in [3.05, 3.63) is 53.1 Å². The van der Waals surface area contributed by atoms with Crippen molar-refractivity contribution in [2.24, 2.45) is 5.92 Å². The van der Waals surface area contributed by atoms with Gasteiger partial charge in [-0.2, -0.15) is 0 Å². The summed E-state index contributed by atoms with van der Waals surface area (Å²) in [6, 6.07) is 14.0. The summed E-state index contributed by atoms with van der Waals surface area (Å²) < 4.78 is 6.82. The molecular formula is C26H30N2O2. The summed E-state index contributed by atoms with van der Waals surface area (Å²) in [4.78, 5) is 5.26. The summed E-state index contributed by atoms with van der Waals surface area (Å²) in [5.74, 6) is 1.78. The Hall–Kier alpha value is -2.20. The number of likely N-dealkylation sites (N-methyl/N-ethyl adjacent to an activating group) is 1. The van der Waals surface area contributed by atoms with Gasteiger partial charge in [-0.15, -0.1) is 0 Å². The first-order valence-electron chi connectivity index (χ1n) is 11.8. The van der Waals surface area contributed by atoms with Crippen LogP contribution < -0.4 is 9.64 Å². The van der Waals surface area contributed by atoms with Crippen LogP contribution in [0, 0.1) is 5.92 Å². The number of para-hydroxylation sites is 1. The number of aromatic hydroxyl groups is 1. The lowest BCUT2D eigenvalue weighted by Crippen LogP contribution is -2.68. The van der Waals surface area contributed by atoms with Crippen molar-refractivity contribution in [1.82, 2.24) is 4.90 Å². The maximum absolute atomic E-state index is 10.8. The molecule has 1 N–H and O–H groups in total. The molecule has 30 heavy (non-hydrogen) atoms. The zero-order valence-corrected chi connectivity index (χ0v) is 17.7. The quantitative estimate of drug-likeness (QED) is 0.785. The van der Waals surface area contributed by atoms with Gasteiger partial charge in [0.05, 0.1) is 6.04 Å². The number of piperidine rings is 1. The number of phenols is 1. The predicted octanol–water partition coefficient (Wildman–Crippen LogP) is 3.88. The number of hydrogen-bond donors (Lipinski definition) is 1. The SMILES string of the molecule is CN1CC[C@]23c4c5ccc(O)c4O[C@H]2[C@H](N2CCCc4ccccc42)CC[C@H]3[C@@H]1C5. The highest BCUT2D eigenvalue weighted by atomic mass is 16.5. The van der Waals surface area contributed by atoms with Gasteiger partial charge in [-0.3, -0.25) is 0 Å². The third kappa shape index (κ3) is 2.01. The Morgan fingerprint density at radius 1 is 1.03 bits per heavy atom. The van der Waals surface area contributed by atoms with Crippen LogP contribution in [0.1, 0.15) is 42.4 Å². The Labute approximate surface area is 178 Å². The Morgan fingerprint density at radius 3 is 2.87 bits per heavy atom. The molecule has 4 nitrogen and oxygen atoms in total. The van der Waals surface area contributed by atoms with Gasteiger partial charge in [0.15, 0.2) is 11.5 Å². The van der Waals surface area contributed by atoms with E-state index in [2.05, 4.69) is 47.2 Å². The average molecular weight is 403 g/mol. The summed E-state index contributed by atoms with van der Waals surface area (Å²) in [6.45, 7) is 2.24. The molecule has 4 heteroatoms. The van der Waals surface area contributed by atoms with Crippen molar-refractivity contribution < 1.29 is 9.84 Å². The normalized spacial score (nSPS) is 36.1. The van der Waals surface area contributed by atoms with E-state index in [1.807, 2.05) is 6.07 Å². The van der Waals surface area contributed by atoms with Gasteiger partial charge in [0.25, 0.3) is 0 Å². The van der Waals surface area contributed by atoms with E-state index in [0.717, 1.165) is 31.7 Å². The summed E-state index contributed by atoms with van der Waals surface area (Å²) >= 11 is 0. The zero-order valence-electron chi connectivity index (χ0n) is 17.7. The number of nitrogens with zero attached hydrogens (tertiary/aromatic N) is 2. The summed E-state index contributed by atoms with van der Waals surface area (Å²) in [5, 5.41) is 10.8. The molecule has 5 aliphatic rings. The molecule has 1 saturated carbocycles. The van der Waals surface area contributed by atoms with Gasteiger partial charge in [-0.1, -0.05) is 24.3 Å². The second-order valence-corrected chi connectivity index (χ2v) is 10.2. The van der Waals surface area contributed by atoms with Crippen LogP contribution in [0.3, 0.4) is 0 Å². The second kappa shape index (κ2) is 5.94. The third-order valence-corrected chi connectivity index (χ3v) is 9.11. The first-order valence-corrected chi connectivity index (χ1v) is 11.8. The Kier molecular flexibility index (Phi) is 3.46. The first kappa shape index (κ1) is 17.5. The van der Waals surface area contributed by atoms with Gasteiger partial charge >= 0.3 is 0 Å². The van der Waals surface area contributed by atoms with E-state index in [1.165, 1.54) is 48.1 Å². The van der Waals surface area contributed by atoms with E-state index in [1.54, 1.807) is 0 Å². The minimum absolute atomic E-state index is 0.0636. The summed E-state index contributed by atoms with van der Waals surface area (Å²) in [6.07, 6.45) is 7.21. The van der Waals surface area contributed by atoms with Crippen LogP contribution in [0.15, 0.2) is 36.4 Å². The zero-order chi connectivity index (χ0) is 20.0. The number of ether oxygens (including phenoxy) is 1. The smallest absolute Gasteiger partial charge is 0.165 e. The Bertz CT molecular complexity index is 1040. The molecule has 5 atom stereocenters. The van der Waals surface area contributed by atoms with Crippen LogP contribution >= 0.6 is 0 Å². The maximum atomic E-state index is 10.8. The van der Waals surface area contributed by atoms with Crippen molar-refractivity contribution >= 4 is 5.69 Å². The van der Waals surface area contributed by atoms with Crippen LogP contribution in [0.5, 0.6) is 11.5 Å². The third-order valence-electron chi connectivity index (χ3n) is 9.11. The number of anilines is 1. The Balaban J connectivity index is 1.40. The predicted molar refractivity (Wildman–Crippen MR) is 118 cm³/mol. The number of hydrogen-bond acceptors (Lipinski definition) is 4. The molecule has 1 spiro atoms. The fourth-order valence-electron chi connectivity index (χ4n) is 7.94. The molecule has 156 valence electrons. The van der Waals surface area contributed by atoms with E-state index in [9.17, 15) is 5.11 Å². The summed E-state index contributed by atoms with van der Waals surface area (Å²) in [5.41, 5.74) is 5.74. The number of phenolic OH excluding ortho intramolecular Hbond substituents is 1. The molecule has 3 heterocycles. The van der Waals surface area contributed by atoms with Crippen molar-refractivity contribution in [2.45, 2.75) is 62.1 Å². The Morgan fingerprint density at radius 2 is 1.93 bits per heavy atom. The molecule has 2 aromatic rings. The maximum Gasteiger partial charge on any atom is 0.165 e. The molecule has 2 aliphatic carbocycles. The molecule has 2 bridgehead atoms. The van der Waals surface area contributed by atoms with Crippen molar-refractivity contribution in [1.29, 1.82) is 0 Å². The molecule has 2 fully saturated rings. The number of fused-ring (bicyclic) bond motifs is 1. The van der Waals surface area contributed by atoms with Gasteiger partial charge in [0.1, 0.15) is 6.10 Å². The number of benzene rings is 2. The van der Waals surface area contributed by atoms with Crippen molar-refractivity contribution in [3.63, 3.8) is 0 Å². The number of aryl methyl sites for hydroxylation is 1. The van der Waals surface area contributed by atoms with Crippen molar-refractivity contribution in [2.75, 3.05) is 25.0 Å². The molecule has 7 rings (SSSR count). The first-order chi connectivity index (χ1) is 14.7. The molecule has 2 aromatic carbocycles. The lowest BCUT2D eigenvalue weighted by molar-refractivity contribution is -0.0525. The molecule has 3 aliphatic heterocycles. The topological polar surface area (TPSA) is 35.9 Å². The van der Waals surface area contributed by atoms with E-state index < -0.39 is 0 Å². The van der Waals surface area contributed by atoms with Crippen LogP contribution in [0.2, 0.25) is 0 Å². The molecule has 0 aromatic heterocycles. The molecule has 0 unspecified atom stereocenters. The van der Waals surface area contributed by atoms with Crippen LogP contribution in [-0.4, -0.2) is 48.3 Å². The van der Waals surface area contributed by atoms with Crippen molar-refractivity contribution in [3.8, 4) is 11.5 Å². The highest BCUT2D eigenvalue weighted by Gasteiger charge is 2.66. The van der Waals surface area contributed by atoms with Crippen LogP contribution in [0.25, 0.3) is 0 Å². The van der Waals surface area contributed by atoms with Gasteiger partial charge in [0.2, 0.25) is 0 Å². The van der Waals surface area contributed by atoms with E-state index in [-0.39, 0.29) is 11.5 Å². The molecule has 0 radical (unpaired) electrons. The minimum Gasteiger partial charge on any atom is -0.504 e. The van der Waals surface area contributed by atoms with Crippen LogP contribution in [-0.2, 0) is 18.3 Å². The number of rotatable bonds is 1. The fourth-order valence-corrected chi connectivity index (χ4v) is 7.94. The largest absolute Gasteiger partial charge is 0.504 e. The highest BCUT2D eigenvalue weighted by molar-refractivity contribution is 5.63. The van der Waals surface area contributed by atoms with Gasteiger partial charge < -0.3 is 19.6 Å². The second-order valence-electron chi connectivity index (χ2n) is 10.2. The van der Waals surface area contributed by atoms with E-state index >= 15 is 0 Å². The molecular weight excluding hydrogens is 372 g/mol. The van der Waals surface area contributed by atoms with E-state index in [4.69, 9.17) is 4.74 Å². The van der Waals surface area contributed by atoms with Gasteiger partial charge in [-0.25, -0.2) is 0 Å². The summed E-state index contributed by atoms with van der Waals surface area (Å²) in [7, 11) is 2.31. The lowest BCUT2D eigenvalue weighted by atomic mass is 9.51. The molecule has 0 amide bonds. The monoisotopic (exact) mass is 402 g/mol. The van der Waals surface area contributed by atoms with Gasteiger partial charge in [-0.05, 0) is 81.3 Å². The standard InChI is InChI=1S/C26H30N2O2/c1-27-14-12-26-18-9-10-20(28-13-4-6-16-5-2-3-7-19(16)28)25(26)30-24-22(29)11-8-17(23(24)26)15-21(18)27/h2-3,5,7-8,11,18,20-21,25,29H,4,6,9-10,12-15H2,1H3/t18-,20+,21-,25-,26-/m0/s1. The number of likely N-dealkylation sites (tertiary alicyclic amines) is 1. The molecule has 1 saturated heterocycles. The average Bonchev–Trinajstić information content (AvgIpc) is 3.13. The lowest BCUT2D eigenvalue weighted by Gasteiger charge is -2.60. The van der Waals surface area contributed by atoms with Crippen LogP contribution in [0.4, 0.5) is 5.69 Å². The van der Waals surface area contributed by atoms with Gasteiger partial charge in [0, 0.05) is 29.3 Å². The fraction of sp³-hybridized carbons (Fsp3) is 0.538. The highest BCUT2D eigenvalue weighted by Crippen LogP contribution is 2.64. The van der Waals surface area contributed by atoms with E-state index in [0.29, 0.717) is 23.8 Å². The minimum atomic E-state index is 0.0636.